The summed E-state index contributed by atoms with van der Waals surface area (Å²) in [5.41, 5.74) is 8.00. The van der Waals surface area contributed by atoms with Crippen molar-refractivity contribution in [3.63, 3.8) is 0 Å². The standard InChI is InChI=1S/C16H17FN2O2/c1-11-8-14(18)6-7-15(11)21-10-16(20)19-9-12-2-4-13(17)5-3-12/h2-8H,9-10,18H2,1H3,(H,19,20). The summed E-state index contributed by atoms with van der Waals surface area (Å²) in [4.78, 5) is 11.7. The SMILES string of the molecule is Cc1cc(N)ccc1OCC(=O)NCc1ccc(F)cc1. The number of aryl methyl sites for hydroxylation is 1. The van der Waals surface area contributed by atoms with E-state index in [1.54, 1.807) is 30.3 Å². The van der Waals surface area contributed by atoms with E-state index in [-0.39, 0.29) is 18.3 Å². The Morgan fingerprint density at radius 2 is 1.95 bits per heavy atom. The molecule has 0 spiro atoms. The molecule has 1 amide bonds. The van der Waals surface area contributed by atoms with Crippen LogP contribution in [0.3, 0.4) is 0 Å². The second-order valence-electron chi connectivity index (χ2n) is 4.72. The minimum absolute atomic E-state index is 0.0774. The maximum Gasteiger partial charge on any atom is 0.258 e. The molecule has 5 heteroatoms. The summed E-state index contributed by atoms with van der Waals surface area (Å²) in [5, 5.41) is 2.71. The molecule has 0 bridgehead atoms. The lowest BCUT2D eigenvalue weighted by Gasteiger charge is -2.10. The lowest BCUT2D eigenvalue weighted by Crippen LogP contribution is -2.28. The first kappa shape index (κ1) is 14.8. The number of benzene rings is 2. The number of halogens is 1. The van der Waals surface area contributed by atoms with E-state index in [4.69, 9.17) is 10.5 Å². The number of anilines is 1. The Bertz CT molecular complexity index is 627. The van der Waals surface area contributed by atoms with E-state index in [2.05, 4.69) is 5.32 Å². The number of hydrogen-bond acceptors (Lipinski definition) is 3. The number of nitrogen functional groups attached to an aromatic ring is 1. The number of carbonyl (C=O) groups excluding carboxylic acids is 1. The smallest absolute Gasteiger partial charge is 0.258 e. The summed E-state index contributed by atoms with van der Waals surface area (Å²) >= 11 is 0. The van der Waals surface area contributed by atoms with Gasteiger partial charge in [0.15, 0.2) is 6.61 Å². The van der Waals surface area contributed by atoms with Gasteiger partial charge in [0.05, 0.1) is 0 Å². The van der Waals surface area contributed by atoms with E-state index in [9.17, 15) is 9.18 Å². The van der Waals surface area contributed by atoms with Crippen molar-refractivity contribution in [2.75, 3.05) is 12.3 Å². The highest BCUT2D eigenvalue weighted by Gasteiger charge is 2.05. The Morgan fingerprint density at radius 1 is 1.24 bits per heavy atom. The third-order valence-corrected chi connectivity index (χ3v) is 2.96. The average Bonchev–Trinajstić information content (AvgIpc) is 2.46. The van der Waals surface area contributed by atoms with Gasteiger partial charge in [-0.15, -0.1) is 0 Å². The predicted molar refractivity (Wildman–Crippen MR) is 79.3 cm³/mol. The van der Waals surface area contributed by atoms with Crippen LogP contribution in [0.15, 0.2) is 42.5 Å². The molecule has 0 unspecified atom stereocenters. The minimum Gasteiger partial charge on any atom is -0.484 e. The van der Waals surface area contributed by atoms with Crippen molar-refractivity contribution in [2.24, 2.45) is 0 Å². The van der Waals surface area contributed by atoms with Gasteiger partial charge >= 0.3 is 0 Å². The number of ether oxygens (including phenoxy) is 1. The molecule has 0 atom stereocenters. The van der Waals surface area contributed by atoms with Crippen LogP contribution in [0.5, 0.6) is 5.75 Å². The largest absolute Gasteiger partial charge is 0.484 e. The van der Waals surface area contributed by atoms with Crippen molar-refractivity contribution in [3.8, 4) is 5.75 Å². The molecule has 3 N–H and O–H groups in total. The number of amides is 1. The number of hydrogen-bond donors (Lipinski definition) is 2. The number of nitrogens with one attached hydrogen (secondary N) is 1. The molecule has 0 aliphatic rings. The van der Waals surface area contributed by atoms with Gasteiger partial charge in [-0.05, 0) is 48.4 Å². The van der Waals surface area contributed by atoms with Gasteiger partial charge in [0.2, 0.25) is 0 Å². The quantitative estimate of drug-likeness (QED) is 0.830. The molecule has 0 heterocycles. The van der Waals surface area contributed by atoms with E-state index in [0.717, 1.165) is 11.1 Å². The van der Waals surface area contributed by atoms with Crippen molar-refractivity contribution < 1.29 is 13.9 Å². The molecular formula is C16H17FN2O2. The van der Waals surface area contributed by atoms with Gasteiger partial charge < -0.3 is 15.8 Å². The topological polar surface area (TPSA) is 64.3 Å². The molecule has 0 aliphatic carbocycles. The van der Waals surface area contributed by atoms with Crippen molar-refractivity contribution >= 4 is 11.6 Å². The summed E-state index contributed by atoms with van der Waals surface area (Å²) in [6, 6.07) is 11.2. The highest BCUT2D eigenvalue weighted by Crippen LogP contribution is 2.19. The average molecular weight is 288 g/mol. The third-order valence-electron chi connectivity index (χ3n) is 2.96. The normalized spacial score (nSPS) is 10.2. The maximum absolute atomic E-state index is 12.7. The minimum atomic E-state index is -0.299. The molecule has 0 aromatic heterocycles. The molecule has 110 valence electrons. The van der Waals surface area contributed by atoms with Crippen molar-refractivity contribution in [3.05, 3.63) is 59.4 Å². The van der Waals surface area contributed by atoms with Crippen LogP contribution in [0.1, 0.15) is 11.1 Å². The Hall–Kier alpha value is -2.56. The molecule has 0 saturated carbocycles. The molecule has 0 saturated heterocycles. The lowest BCUT2D eigenvalue weighted by molar-refractivity contribution is -0.123. The van der Waals surface area contributed by atoms with Crippen molar-refractivity contribution in [1.82, 2.24) is 5.32 Å². The van der Waals surface area contributed by atoms with E-state index in [1.165, 1.54) is 12.1 Å². The predicted octanol–water partition coefficient (Wildman–Crippen LogP) is 2.41. The summed E-state index contributed by atoms with van der Waals surface area (Å²) in [6.45, 7) is 2.12. The van der Waals surface area contributed by atoms with Crippen LogP contribution in [0, 0.1) is 12.7 Å². The zero-order valence-corrected chi connectivity index (χ0v) is 11.7. The van der Waals surface area contributed by atoms with Gasteiger partial charge in [-0.1, -0.05) is 12.1 Å². The highest BCUT2D eigenvalue weighted by atomic mass is 19.1. The van der Waals surface area contributed by atoms with Crippen LogP contribution >= 0.6 is 0 Å². The zero-order valence-electron chi connectivity index (χ0n) is 11.7. The van der Waals surface area contributed by atoms with Crippen LogP contribution in [-0.2, 0) is 11.3 Å². The Morgan fingerprint density at radius 3 is 2.62 bits per heavy atom. The Kier molecular flexibility index (Phi) is 4.77. The second-order valence-corrected chi connectivity index (χ2v) is 4.72. The third kappa shape index (κ3) is 4.49. The molecule has 0 radical (unpaired) electrons. The molecule has 4 nitrogen and oxygen atoms in total. The summed E-state index contributed by atoms with van der Waals surface area (Å²) in [7, 11) is 0. The van der Waals surface area contributed by atoms with Crippen LogP contribution in [0.2, 0.25) is 0 Å². The summed E-state index contributed by atoms with van der Waals surface area (Å²) in [5.74, 6) is 0.0870. The van der Waals surface area contributed by atoms with Crippen LogP contribution in [0.4, 0.5) is 10.1 Å². The monoisotopic (exact) mass is 288 g/mol. The molecule has 2 rings (SSSR count). The summed E-state index contributed by atoms with van der Waals surface area (Å²) in [6.07, 6.45) is 0. The molecule has 2 aromatic rings. The second kappa shape index (κ2) is 6.74. The van der Waals surface area contributed by atoms with Crippen LogP contribution < -0.4 is 15.8 Å². The molecule has 21 heavy (non-hydrogen) atoms. The van der Waals surface area contributed by atoms with Gasteiger partial charge in [0, 0.05) is 12.2 Å². The van der Waals surface area contributed by atoms with E-state index >= 15 is 0 Å². The van der Waals surface area contributed by atoms with Crippen LogP contribution in [-0.4, -0.2) is 12.5 Å². The first-order valence-corrected chi connectivity index (χ1v) is 6.54. The lowest BCUT2D eigenvalue weighted by atomic mass is 10.2. The fourth-order valence-electron chi connectivity index (χ4n) is 1.83. The van der Waals surface area contributed by atoms with E-state index < -0.39 is 0 Å². The highest BCUT2D eigenvalue weighted by molar-refractivity contribution is 5.77. The molecule has 0 fully saturated rings. The first-order valence-electron chi connectivity index (χ1n) is 6.54. The van der Waals surface area contributed by atoms with Gasteiger partial charge in [0.25, 0.3) is 5.91 Å². The fraction of sp³-hybridized carbons (Fsp3) is 0.188. The van der Waals surface area contributed by atoms with Gasteiger partial charge in [-0.3, -0.25) is 4.79 Å². The number of rotatable bonds is 5. The van der Waals surface area contributed by atoms with Gasteiger partial charge in [0.1, 0.15) is 11.6 Å². The fourth-order valence-corrected chi connectivity index (χ4v) is 1.83. The zero-order chi connectivity index (χ0) is 15.2. The maximum atomic E-state index is 12.7. The number of carbonyl (C=O) groups is 1. The Labute approximate surface area is 122 Å². The van der Waals surface area contributed by atoms with Crippen LogP contribution in [0.25, 0.3) is 0 Å². The Balaban J connectivity index is 1.80. The molecule has 2 aromatic carbocycles. The first-order chi connectivity index (χ1) is 10.0. The number of nitrogens with two attached hydrogens (primary N) is 1. The van der Waals surface area contributed by atoms with Gasteiger partial charge in [-0.25, -0.2) is 4.39 Å². The molecular weight excluding hydrogens is 271 g/mol. The van der Waals surface area contributed by atoms with E-state index in [0.29, 0.717) is 18.0 Å². The van der Waals surface area contributed by atoms with Gasteiger partial charge in [-0.2, -0.15) is 0 Å². The van der Waals surface area contributed by atoms with E-state index in [1.807, 2.05) is 6.92 Å². The van der Waals surface area contributed by atoms with Crippen molar-refractivity contribution in [2.45, 2.75) is 13.5 Å². The molecule has 0 aliphatic heterocycles. The van der Waals surface area contributed by atoms with Crippen molar-refractivity contribution in [1.29, 1.82) is 0 Å². The summed E-state index contributed by atoms with van der Waals surface area (Å²) < 4.78 is 18.2.